The molecule has 2 heterocycles. The van der Waals surface area contributed by atoms with Crippen molar-refractivity contribution in [2.24, 2.45) is 0 Å². The van der Waals surface area contributed by atoms with Gasteiger partial charge in [0.25, 0.3) is 0 Å². The molecule has 2 rings (SSSR count). The molecule has 1 aliphatic heterocycles. The Bertz CT molecular complexity index is 326. The molecule has 0 radical (unpaired) electrons. The number of ether oxygens (including phenoxy) is 1. The Hall–Kier alpha value is -1.00. The third-order valence-corrected chi connectivity index (χ3v) is 2.33. The Morgan fingerprint density at radius 2 is 2.47 bits per heavy atom. The lowest BCUT2D eigenvalue weighted by molar-refractivity contribution is 0.0526. The lowest BCUT2D eigenvalue weighted by Crippen LogP contribution is -2.27. The van der Waals surface area contributed by atoms with Gasteiger partial charge in [-0.25, -0.2) is 4.79 Å². The first-order chi connectivity index (χ1) is 6.81. The second kappa shape index (κ2) is 5.19. The van der Waals surface area contributed by atoms with Gasteiger partial charge < -0.3 is 14.6 Å². The van der Waals surface area contributed by atoms with Crippen LogP contribution in [-0.4, -0.2) is 23.7 Å². The van der Waals surface area contributed by atoms with Crippen molar-refractivity contribution in [1.82, 2.24) is 9.88 Å². The molecule has 0 fully saturated rings. The average molecular weight is 231 g/mol. The molecule has 0 saturated heterocycles. The van der Waals surface area contributed by atoms with Gasteiger partial charge in [-0.2, -0.15) is 0 Å². The molecular formula is C10H15ClN2O2. The molecule has 0 saturated carbocycles. The Morgan fingerprint density at radius 3 is 3.13 bits per heavy atom. The monoisotopic (exact) mass is 230 g/mol. The number of hydrogen-bond donors (Lipinski definition) is 1. The van der Waals surface area contributed by atoms with Crippen LogP contribution in [0, 0.1) is 0 Å². The van der Waals surface area contributed by atoms with Gasteiger partial charge in [-0.05, 0) is 13.0 Å². The van der Waals surface area contributed by atoms with Gasteiger partial charge in [-0.15, -0.1) is 12.4 Å². The zero-order chi connectivity index (χ0) is 9.97. The molecule has 1 aliphatic rings. The smallest absolute Gasteiger partial charge is 0.339 e. The summed E-state index contributed by atoms with van der Waals surface area (Å²) in [5.74, 6) is -0.227. The lowest BCUT2D eigenvalue weighted by Gasteiger charge is -2.15. The summed E-state index contributed by atoms with van der Waals surface area (Å²) < 4.78 is 7.03. The second-order valence-electron chi connectivity index (χ2n) is 3.31. The van der Waals surface area contributed by atoms with Crippen LogP contribution in [0.3, 0.4) is 0 Å². The van der Waals surface area contributed by atoms with Gasteiger partial charge in [0, 0.05) is 31.5 Å². The SMILES string of the molecule is CCOC(=O)c1cc2n(c1)CCNC2.Cl. The third-order valence-electron chi connectivity index (χ3n) is 2.33. The predicted molar refractivity (Wildman–Crippen MR) is 59.3 cm³/mol. The minimum Gasteiger partial charge on any atom is -0.462 e. The number of nitrogens with zero attached hydrogens (tertiary/aromatic N) is 1. The van der Waals surface area contributed by atoms with Crippen LogP contribution < -0.4 is 5.32 Å². The highest BCUT2D eigenvalue weighted by atomic mass is 35.5. The highest BCUT2D eigenvalue weighted by molar-refractivity contribution is 5.89. The summed E-state index contributed by atoms with van der Waals surface area (Å²) in [4.78, 5) is 11.4. The highest BCUT2D eigenvalue weighted by Crippen LogP contribution is 2.12. The molecule has 0 atom stereocenters. The number of carbonyl (C=O) groups is 1. The maximum Gasteiger partial charge on any atom is 0.339 e. The number of aromatic nitrogens is 1. The molecule has 0 unspecified atom stereocenters. The van der Waals surface area contributed by atoms with Gasteiger partial charge in [0.05, 0.1) is 12.2 Å². The number of fused-ring (bicyclic) bond motifs is 1. The van der Waals surface area contributed by atoms with Crippen LogP contribution in [0.1, 0.15) is 23.0 Å². The Morgan fingerprint density at radius 1 is 1.67 bits per heavy atom. The first-order valence-electron chi connectivity index (χ1n) is 4.88. The normalized spacial score (nSPS) is 13.9. The van der Waals surface area contributed by atoms with Crippen molar-refractivity contribution in [2.45, 2.75) is 20.0 Å². The maximum absolute atomic E-state index is 11.4. The van der Waals surface area contributed by atoms with E-state index < -0.39 is 0 Å². The van der Waals surface area contributed by atoms with Crippen LogP contribution in [0.4, 0.5) is 0 Å². The predicted octanol–water partition coefficient (Wildman–Crippen LogP) is 1.19. The number of halogens is 1. The van der Waals surface area contributed by atoms with Crippen LogP contribution in [0.15, 0.2) is 12.3 Å². The van der Waals surface area contributed by atoms with Gasteiger partial charge in [0.2, 0.25) is 0 Å². The first-order valence-corrected chi connectivity index (χ1v) is 4.88. The average Bonchev–Trinajstić information content (AvgIpc) is 2.61. The van der Waals surface area contributed by atoms with E-state index in [0.717, 1.165) is 25.3 Å². The van der Waals surface area contributed by atoms with E-state index in [0.29, 0.717) is 12.2 Å². The summed E-state index contributed by atoms with van der Waals surface area (Å²) in [7, 11) is 0. The summed E-state index contributed by atoms with van der Waals surface area (Å²) in [5.41, 5.74) is 1.81. The molecule has 84 valence electrons. The fraction of sp³-hybridized carbons (Fsp3) is 0.500. The summed E-state index contributed by atoms with van der Waals surface area (Å²) in [5, 5.41) is 3.25. The molecular weight excluding hydrogens is 216 g/mol. The Kier molecular flexibility index (Phi) is 4.17. The molecule has 5 heteroatoms. The summed E-state index contributed by atoms with van der Waals surface area (Å²) in [6.45, 7) is 4.96. The number of carbonyl (C=O) groups excluding carboxylic acids is 1. The molecule has 15 heavy (non-hydrogen) atoms. The molecule has 0 aliphatic carbocycles. The molecule has 0 aromatic carbocycles. The molecule has 0 spiro atoms. The molecule has 1 aromatic heterocycles. The zero-order valence-corrected chi connectivity index (χ0v) is 9.47. The second-order valence-corrected chi connectivity index (χ2v) is 3.31. The van der Waals surface area contributed by atoms with E-state index in [2.05, 4.69) is 9.88 Å². The Balaban J connectivity index is 0.00000112. The molecule has 0 amide bonds. The van der Waals surface area contributed by atoms with Gasteiger partial charge in [0.1, 0.15) is 0 Å². The minimum atomic E-state index is -0.227. The fourth-order valence-electron chi connectivity index (χ4n) is 1.65. The van der Waals surface area contributed by atoms with E-state index in [4.69, 9.17) is 4.74 Å². The fourth-order valence-corrected chi connectivity index (χ4v) is 1.65. The van der Waals surface area contributed by atoms with E-state index in [9.17, 15) is 4.79 Å². The van der Waals surface area contributed by atoms with Crippen LogP contribution in [0.5, 0.6) is 0 Å². The summed E-state index contributed by atoms with van der Waals surface area (Å²) in [6, 6.07) is 1.89. The highest BCUT2D eigenvalue weighted by Gasteiger charge is 2.14. The Labute approximate surface area is 95.0 Å². The third kappa shape index (κ3) is 2.52. The summed E-state index contributed by atoms with van der Waals surface area (Å²) >= 11 is 0. The van der Waals surface area contributed by atoms with E-state index in [-0.39, 0.29) is 18.4 Å². The van der Waals surface area contributed by atoms with E-state index in [1.165, 1.54) is 0 Å². The van der Waals surface area contributed by atoms with Crippen molar-refractivity contribution in [3.05, 3.63) is 23.5 Å². The van der Waals surface area contributed by atoms with Crippen LogP contribution in [-0.2, 0) is 17.8 Å². The van der Waals surface area contributed by atoms with Crippen molar-refractivity contribution < 1.29 is 9.53 Å². The lowest BCUT2D eigenvalue weighted by atomic mass is 10.3. The van der Waals surface area contributed by atoms with Gasteiger partial charge in [-0.1, -0.05) is 0 Å². The van der Waals surface area contributed by atoms with Crippen molar-refractivity contribution in [2.75, 3.05) is 13.2 Å². The van der Waals surface area contributed by atoms with Crippen LogP contribution in [0.2, 0.25) is 0 Å². The number of esters is 1. The zero-order valence-electron chi connectivity index (χ0n) is 8.66. The van der Waals surface area contributed by atoms with E-state index in [1.54, 1.807) is 0 Å². The van der Waals surface area contributed by atoms with E-state index in [1.807, 2.05) is 19.2 Å². The quantitative estimate of drug-likeness (QED) is 0.777. The van der Waals surface area contributed by atoms with Crippen molar-refractivity contribution in [1.29, 1.82) is 0 Å². The van der Waals surface area contributed by atoms with Gasteiger partial charge in [0.15, 0.2) is 0 Å². The van der Waals surface area contributed by atoms with Crippen molar-refractivity contribution in [3.8, 4) is 0 Å². The molecule has 0 bridgehead atoms. The summed E-state index contributed by atoms with van der Waals surface area (Å²) in [6.07, 6.45) is 1.87. The van der Waals surface area contributed by atoms with Crippen LogP contribution in [0.25, 0.3) is 0 Å². The first kappa shape index (κ1) is 12.1. The van der Waals surface area contributed by atoms with Crippen molar-refractivity contribution in [3.63, 3.8) is 0 Å². The standard InChI is InChI=1S/C10H14N2O2.ClH/c1-2-14-10(13)8-5-9-6-11-3-4-12(9)7-8;/h5,7,11H,2-4,6H2,1H3;1H. The molecule has 1 aromatic rings. The number of rotatable bonds is 2. The van der Waals surface area contributed by atoms with Crippen molar-refractivity contribution >= 4 is 18.4 Å². The topological polar surface area (TPSA) is 43.3 Å². The largest absolute Gasteiger partial charge is 0.462 e. The number of nitrogens with one attached hydrogen (secondary N) is 1. The number of hydrogen-bond acceptors (Lipinski definition) is 3. The maximum atomic E-state index is 11.4. The van der Waals surface area contributed by atoms with Crippen LogP contribution >= 0.6 is 12.4 Å². The van der Waals surface area contributed by atoms with E-state index >= 15 is 0 Å². The molecule has 1 N–H and O–H groups in total. The molecule has 4 nitrogen and oxygen atoms in total. The van der Waals surface area contributed by atoms with Gasteiger partial charge in [-0.3, -0.25) is 0 Å². The minimum absolute atomic E-state index is 0. The van der Waals surface area contributed by atoms with Gasteiger partial charge >= 0.3 is 5.97 Å².